The number of benzene rings is 1. The van der Waals surface area contributed by atoms with E-state index in [1.807, 2.05) is 0 Å². The van der Waals surface area contributed by atoms with E-state index in [0.29, 0.717) is 18.5 Å². The first-order valence-corrected chi connectivity index (χ1v) is 5.11. The summed E-state index contributed by atoms with van der Waals surface area (Å²) >= 11 is 0. The van der Waals surface area contributed by atoms with Crippen LogP contribution < -0.4 is 16.2 Å². The van der Waals surface area contributed by atoms with E-state index in [4.69, 9.17) is 16.2 Å². The van der Waals surface area contributed by atoms with Crippen LogP contribution in [0.2, 0.25) is 0 Å². The number of nitrogens with two attached hydrogens (primary N) is 2. The van der Waals surface area contributed by atoms with Crippen LogP contribution in [0, 0.1) is 0 Å². The van der Waals surface area contributed by atoms with E-state index in [9.17, 15) is 13.2 Å². The molecule has 0 aliphatic rings. The lowest BCUT2D eigenvalue weighted by Crippen LogP contribution is -2.16. The van der Waals surface area contributed by atoms with E-state index >= 15 is 0 Å². The minimum atomic E-state index is -4.39. The molecular weight excluding hydrogens is 233 g/mol. The van der Waals surface area contributed by atoms with Gasteiger partial charge < -0.3 is 16.2 Å². The third-order valence-corrected chi connectivity index (χ3v) is 2.44. The van der Waals surface area contributed by atoms with Crippen molar-refractivity contribution in [1.29, 1.82) is 0 Å². The number of hydrogen-bond donors (Lipinski definition) is 2. The van der Waals surface area contributed by atoms with Gasteiger partial charge in [-0.2, -0.15) is 13.2 Å². The molecule has 1 atom stereocenters. The molecule has 0 aliphatic heterocycles. The zero-order valence-electron chi connectivity index (χ0n) is 9.42. The fourth-order valence-electron chi connectivity index (χ4n) is 1.53. The number of ether oxygens (including phenoxy) is 1. The summed E-state index contributed by atoms with van der Waals surface area (Å²) in [6.07, 6.45) is -3.90. The van der Waals surface area contributed by atoms with E-state index in [-0.39, 0.29) is 5.75 Å². The second kappa shape index (κ2) is 5.37. The van der Waals surface area contributed by atoms with Crippen molar-refractivity contribution in [2.24, 2.45) is 11.5 Å². The van der Waals surface area contributed by atoms with Crippen LogP contribution in [-0.4, -0.2) is 13.7 Å². The average molecular weight is 248 g/mol. The summed E-state index contributed by atoms with van der Waals surface area (Å²) in [5.41, 5.74) is 10.9. The Kier molecular flexibility index (Phi) is 4.36. The van der Waals surface area contributed by atoms with Crippen LogP contribution in [0.3, 0.4) is 0 Å². The molecule has 0 spiro atoms. The minimum Gasteiger partial charge on any atom is -0.496 e. The SMILES string of the molecule is COc1cc(C(F)(F)F)ccc1[C@@H](N)CCN. The van der Waals surface area contributed by atoms with Gasteiger partial charge in [0.1, 0.15) is 5.75 Å². The van der Waals surface area contributed by atoms with Crippen molar-refractivity contribution in [3.05, 3.63) is 29.3 Å². The first-order valence-electron chi connectivity index (χ1n) is 5.11. The summed E-state index contributed by atoms with van der Waals surface area (Å²) in [5.74, 6) is 0.140. The van der Waals surface area contributed by atoms with Crippen LogP contribution in [-0.2, 0) is 6.18 Å². The van der Waals surface area contributed by atoms with Gasteiger partial charge in [0, 0.05) is 11.6 Å². The first kappa shape index (κ1) is 13.8. The van der Waals surface area contributed by atoms with Crippen molar-refractivity contribution in [2.45, 2.75) is 18.6 Å². The number of methoxy groups -OCH3 is 1. The van der Waals surface area contributed by atoms with Crippen LogP contribution in [0.1, 0.15) is 23.6 Å². The molecule has 0 saturated heterocycles. The lowest BCUT2D eigenvalue weighted by atomic mass is 10.0. The molecule has 6 heteroatoms. The molecule has 0 bridgehead atoms. The Morgan fingerprint density at radius 3 is 2.47 bits per heavy atom. The molecule has 0 radical (unpaired) electrons. The minimum absolute atomic E-state index is 0.140. The molecule has 96 valence electrons. The number of hydrogen-bond acceptors (Lipinski definition) is 3. The van der Waals surface area contributed by atoms with Gasteiger partial charge >= 0.3 is 6.18 Å². The monoisotopic (exact) mass is 248 g/mol. The lowest BCUT2D eigenvalue weighted by Gasteiger charge is -2.17. The van der Waals surface area contributed by atoms with Gasteiger partial charge in [-0.05, 0) is 25.1 Å². The lowest BCUT2D eigenvalue weighted by molar-refractivity contribution is -0.137. The van der Waals surface area contributed by atoms with E-state index in [1.54, 1.807) is 0 Å². The second-order valence-electron chi connectivity index (χ2n) is 3.64. The molecule has 3 nitrogen and oxygen atoms in total. The molecule has 0 aliphatic carbocycles. The zero-order valence-corrected chi connectivity index (χ0v) is 9.42. The van der Waals surface area contributed by atoms with Crippen LogP contribution in [0.5, 0.6) is 5.75 Å². The predicted molar refractivity (Wildman–Crippen MR) is 58.6 cm³/mol. The van der Waals surface area contributed by atoms with Crippen molar-refractivity contribution in [1.82, 2.24) is 0 Å². The van der Waals surface area contributed by atoms with Gasteiger partial charge in [-0.25, -0.2) is 0 Å². The van der Waals surface area contributed by atoms with Gasteiger partial charge in [-0.3, -0.25) is 0 Å². The van der Waals surface area contributed by atoms with Crippen LogP contribution in [0.25, 0.3) is 0 Å². The van der Waals surface area contributed by atoms with E-state index in [0.717, 1.165) is 12.1 Å². The van der Waals surface area contributed by atoms with Crippen molar-refractivity contribution >= 4 is 0 Å². The number of halogens is 3. The van der Waals surface area contributed by atoms with E-state index < -0.39 is 17.8 Å². The van der Waals surface area contributed by atoms with Crippen molar-refractivity contribution in [3.63, 3.8) is 0 Å². The summed E-state index contributed by atoms with van der Waals surface area (Å²) < 4.78 is 42.4. The highest BCUT2D eigenvalue weighted by Crippen LogP contribution is 2.34. The Bertz CT molecular complexity index is 379. The summed E-state index contributed by atoms with van der Waals surface area (Å²) in [4.78, 5) is 0. The molecule has 0 unspecified atom stereocenters. The molecule has 0 saturated carbocycles. The van der Waals surface area contributed by atoms with Gasteiger partial charge in [-0.1, -0.05) is 6.07 Å². The summed E-state index contributed by atoms with van der Waals surface area (Å²) in [5, 5.41) is 0. The summed E-state index contributed by atoms with van der Waals surface area (Å²) in [7, 11) is 1.31. The number of alkyl halides is 3. The summed E-state index contributed by atoms with van der Waals surface area (Å²) in [6, 6.07) is 2.86. The smallest absolute Gasteiger partial charge is 0.416 e. The van der Waals surface area contributed by atoms with Crippen LogP contribution >= 0.6 is 0 Å². The van der Waals surface area contributed by atoms with Gasteiger partial charge in [0.2, 0.25) is 0 Å². The Morgan fingerprint density at radius 1 is 1.35 bits per heavy atom. The molecule has 1 aromatic carbocycles. The maximum absolute atomic E-state index is 12.5. The van der Waals surface area contributed by atoms with Crippen molar-refractivity contribution in [3.8, 4) is 5.75 Å². The topological polar surface area (TPSA) is 61.3 Å². The molecule has 0 fully saturated rings. The Labute approximate surface area is 97.5 Å². The van der Waals surface area contributed by atoms with E-state index in [1.165, 1.54) is 13.2 Å². The first-order chi connectivity index (χ1) is 7.90. The molecule has 0 amide bonds. The third kappa shape index (κ3) is 3.34. The molecule has 0 heterocycles. The molecular formula is C11H15F3N2O. The Hall–Kier alpha value is -1.27. The Balaban J connectivity index is 3.10. The zero-order chi connectivity index (χ0) is 13.1. The molecule has 0 aromatic heterocycles. The van der Waals surface area contributed by atoms with Crippen LogP contribution in [0.4, 0.5) is 13.2 Å². The number of rotatable bonds is 4. The average Bonchev–Trinajstić information content (AvgIpc) is 2.27. The molecule has 1 aromatic rings. The highest BCUT2D eigenvalue weighted by molar-refractivity contribution is 5.40. The highest BCUT2D eigenvalue weighted by Gasteiger charge is 2.31. The normalized spacial score (nSPS) is 13.5. The van der Waals surface area contributed by atoms with E-state index in [2.05, 4.69) is 0 Å². The van der Waals surface area contributed by atoms with Gasteiger partial charge in [-0.15, -0.1) is 0 Å². The third-order valence-electron chi connectivity index (χ3n) is 2.44. The van der Waals surface area contributed by atoms with Gasteiger partial charge in [0.05, 0.1) is 12.7 Å². The largest absolute Gasteiger partial charge is 0.496 e. The van der Waals surface area contributed by atoms with Gasteiger partial charge in [0.25, 0.3) is 0 Å². The fourth-order valence-corrected chi connectivity index (χ4v) is 1.53. The molecule has 17 heavy (non-hydrogen) atoms. The van der Waals surface area contributed by atoms with Crippen molar-refractivity contribution in [2.75, 3.05) is 13.7 Å². The van der Waals surface area contributed by atoms with Crippen LogP contribution in [0.15, 0.2) is 18.2 Å². The molecule has 4 N–H and O–H groups in total. The summed E-state index contributed by atoms with van der Waals surface area (Å²) in [6.45, 7) is 0.366. The van der Waals surface area contributed by atoms with Gasteiger partial charge in [0.15, 0.2) is 0 Å². The second-order valence-corrected chi connectivity index (χ2v) is 3.64. The predicted octanol–water partition coefficient (Wildman–Crippen LogP) is 2.06. The quantitative estimate of drug-likeness (QED) is 0.857. The molecule has 1 rings (SSSR count). The maximum atomic E-state index is 12.5. The Morgan fingerprint density at radius 2 is 2.00 bits per heavy atom. The maximum Gasteiger partial charge on any atom is 0.416 e. The fraction of sp³-hybridized carbons (Fsp3) is 0.455. The highest BCUT2D eigenvalue weighted by atomic mass is 19.4. The van der Waals surface area contributed by atoms with Crippen molar-refractivity contribution < 1.29 is 17.9 Å². The standard InChI is InChI=1S/C11H15F3N2O/c1-17-10-6-7(11(12,13)14)2-3-8(10)9(16)4-5-15/h2-3,6,9H,4-5,15-16H2,1H3/t9-/m0/s1.